The molecule has 0 aromatic heterocycles. The lowest BCUT2D eigenvalue weighted by Gasteiger charge is -2.06. The average Bonchev–Trinajstić information content (AvgIpc) is 2.18. The Morgan fingerprint density at radius 2 is 1.93 bits per heavy atom. The molecule has 15 heavy (non-hydrogen) atoms. The second kappa shape index (κ2) is 4.89. The van der Waals surface area contributed by atoms with Crippen molar-refractivity contribution in [2.24, 2.45) is 0 Å². The number of aryl methyl sites for hydroxylation is 1. The molecule has 0 aliphatic heterocycles. The Bertz CT molecular complexity index is 376. The summed E-state index contributed by atoms with van der Waals surface area (Å²) in [5, 5.41) is 27.3. The Balaban J connectivity index is 2.70. The molecule has 1 aromatic rings. The van der Waals surface area contributed by atoms with Gasteiger partial charge in [-0.3, -0.25) is 4.79 Å². The monoisotopic (exact) mass is 230 g/mol. The van der Waals surface area contributed by atoms with Crippen molar-refractivity contribution >= 4 is 17.6 Å². The van der Waals surface area contributed by atoms with Crippen LogP contribution in [0.1, 0.15) is 18.4 Å². The third-order valence-electron chi connectivity index (χ3n) is 2.02. The highest BCUT2D eigenvalue weighted by atomic mass is 35.5. The molecule has 0 amide bonds. The van der Waals surface area contributed by atoms with Gasteiger partial charge in [-0.15, -0.1) is 0 Å². The van der Waals surface area contributed by atoms with E-state index in [2.05, 4.69) is 0 Å². The Kier molecular flexibility index (Phi) is 3.80. The van der Waals surface area contributed by atoms with Crippen LogP contribution >= 0.6 is 11.6 Å². The molecule has 1 aromatic carbocycles. The molecule has 0 aliphatic rings. The van der Waals surface area contributed by atoms with Gasteiger partial charge in [-0.05, 0) is 24.5 Å². The number of carboxylic acids is 1. The van der Waals surface area contributed by atoms with Crippen LogP contribution in [0.15, 0.2) is 12.1 Å². The molecule has 0 aliphatic carbocycles. The minimum absolute atomic E-state index is 0.0306. The Hall–Kier alpha value is -1.42. The first-order valence-corrected chi connectivity index (χ1v) is 4.81. The maximum absolute atomic E-state index is 10.3. The number of phenolic OH excluding ortho intramolecular Hbond substituents is 2. The molecule has 0 heterocycles. The molecule has 82 valence electrons. The van der Waals surface area contributed by atoms with E-state index in [1.54, 1.807) is 6.07 Å². The van der Waals surface area contributed by atoms with Crippen LogP contribution in [0.4, 0.5) is 0 Å². The van der Waals surface area contributed by atoms with Gasteiger partial charge in [0.25, 0.3) is 0 Å². The van der Waals surface area contributed by atoms with E-state index >= 15 is 0 Å². The van der Waals surface area contributed by atoms with E-state index < -0.39 is 5.97 Å². The third kappa shape index (κ3) is 3.02. The number of aliphatic carboxylic acids is 1. The first kappa shape index (κ1) is 11.7. The van der Waals surface area contributed by atoms with E-state index in [9.17, 15) is 15.0 Å². The van der Waals surface area contributed by atoms with Crippen molar-refractivity contribution in [2.75, 3.05) is 0 Å². The molecule has 3 N–H and O–H groups in total. The lowest BCUT2D eigenvalue weighted by Crippen LogP contribution is -1.96. The van der Waals surface area contributed by atoms with E-state index in [4.69, 9.17) is 16.7 Å². The van der Waals surface area contributed by atoms with Crippen molar-refractivity contribution in [1.82, 2.24) is 0 Å². The number of carboxylic acid groups (broad SMARTS) is 1. The SMILES string of the molecule is O=C(O)CCCc1ccc(Cl)c(O)c1O. The van der Waals surface area contributed by atoms with Crippen molar-refractivity contribution in [3.05, 3.63) is 22.7 Å². The summed E-state index contributed by atoms with van der Waals surface area (Å²) in [4.78, 5) is 10.3. The van der Waals surface area contributed by atoms with Crippen molar-refractivity contribution in [3.8, 4) is 11.5 Å². The molecule has 0 radical (unpaired) electrons. The fourth-order valence-corrected chi connectivity index (χ4v) is 1.38. The van der Waals surface area contributed by atoms with Gasteiger partial charge in [0.05, 0.1) is 5.02 Å². The molecule has 0 unspecified atom stereocenters. The van der Waals surface area contributed by atoms with Gasteiger partial charge in [-0.1, -0.05) is 17.7 Å². The molecular formula is C10H11ClO4. The predicted octanol–water partition coefficient (Wildman–Crippen LogP) is 2.16. The van der Waals surface area contributed by atoms with Crippen LogP contribution in [0, 0.1) is 0 Å². The minimum atomic E-state index is -0.882. The maximum Gasteiger partial charge on any atom is 0.303 e. The second-order valence-corrected chi connectivity index (χ2v) is 3.56. The van der Waals surface area contributed by atoms with E-state index in [1.165, 1.54) is 6.07 Å². The zero-order chi connectivity index (χ0) is 11.4. The van der Waals surface area contributed by atoms with Crippen LogP contribution < -0.4 is 0 Å². The third-order valence-corrected chi connectivity index (χ3v) is 2.33. The van der Waals surface area contributed by atoms with Gasteiger partial charge < -0.3 is 15.3 Å². The van der Waals surface area contributed by atoms with Gasteiger partial charge >= 0.3 is 5.97 Å². The summed E-state index contributed by atoms with van der Waals surface area (Å²) in [6.07, 6.45) is 0.829. The number of carbonyl (C=O) groups is 1. The Labute approximate surface area is 91.7 Å². The molecule has 5 heteroatoms. The lowest BCUT2D eigenvalue weighted by molar-refractivity contribution is -0.137. The Morgan fingerprint density at radius 1 is 1.27 bits per heavy atom. The highest BCUT2D eigenvalue weighted by Gasteiger charge is 2.10. The zero-order valence-electron chi connectivity index (χ0n) is 7.90. The van der Waals surface area contributed by atoms with Crippen molar-refractivity contribution in [2.45, 2.75) is 19.3 Å². The zero-order valence-corrected chi connectivity index (χ0v) is 8.66. The standard InChI is InChI=1S/C10H11ClO4/c11-7-5-4-6(9(14)10(7)15)2-1-3-8(12)13/h4-5,14-15H,1-3H2,(H,12,13). The summed E-state index contributed by atoms with van der Waals surface area (Å²) in [6, 6.07) is 3.03. The van der Waals surface area contributed by atoms with Gasteiger partial charge in [0, 0.05) is 6.42 Å². The summed E-state index contributed by atoms with van der Waals surface area (Å²) in [5.74, 6) is -1.51. The highest BCUT2D eigenvalue weighted by molar-refractivity contribution is 6.32. The van der Waals surface area contributed by atoms with Gasteiger partial charge in [0.15, 0.2) is 11.5 Å². The van der Waals surface area contributed by atoms with Gasteiger partial charge in [0.2, 0.25) is 0 Å². The largest absolute Gasteiger partial charge is 0.504 e. The predicted molar refractivity (Wildman–Crippen MR) is 55.4 cm³/mol. The van der Waals surface area contributed by atoms with Crippen LogP contribution in [-0.2, 0) is 11.2 Å². The smallest absolute Gasteiger partial charge is 0.303 e. The average molecular weight is 231 g/mol. The number of benzene rings is 1. The summed E-state index contributed by atoms with van der Waals surface area (Å²) in [7, 11) is 0. The van der Waals surface area contributed by atoms with Crippen LogP contribution in [-0.4, -0.2) is 21.3 Å². The van der Waals surface area contributed by atoms with Crippen LogP contribution in [0.2, 0.25) is 5.02 Å². The molecule has 4 nitrogen and oxygen atoms in total. The van der Waals surface area contributed by atoms with Crippen molar-refractivity contribution in [1.29, 1.82) is 0 Å². The van der Waals surface area contributed by atoms with E-state index in [0.717, 1.165) is 0 Å². The van der Waals surface area contributed by atoms with Gasteiger partial charge in [0.1, 0.15) is 0 Å². The molecule has 0 saturated heterocycles. The molecule has 1 rings (SSSR count). The first-order chi connectivity index (χ1) is 7.02. The van der Waals surface area contributed by atoms with E-state index in [-0.39, 0.29) is 22.9 Å². The van der Waals surface area contributed by atoms with Crippen LogP contribution in [0.3, 0.4) is 0 Å². The quantitative estimate of drug-likeness (QED) is 0.693. The van der Waals surface area contributed by atoms with Gasteiger partial charge in [-0.2, -0.15) is 0 Å². The van der Waals surface area contributed by atoms with Gasteiger partial charge in [-0.25, -0.2) is 0 Å². The topological polar surface area (TPSA) is 77.8 Å². The summed E-state index contributed by atoms with van der Waals surface area (Å²) in [5.41, 5.74) is 0.498. The van der Waals surface area contributed by atoms with E-state index in [1.807, 2.05) is 0 Å². The van der Waals surface area contributed by atoms with Crippen LogP contribution in [0.25, 0.3) is 0 Å². The Morgan fingerprint density at radius 3 is 2.53 bits per heavy atom. The highest BCUT2D eigenvalue weighted by Crippen LogP contribution is 2.36. The summed E-state index contributed by atoms with van der Waals surface area (Å²) in [6.45, 7) is 0. The number of hydrogen-bond acceptors (Lipinski definition) is 3. The number of rotatable bonds is 4. The maximum atomic E-state index is 10.3. The van der Waals surface area contributed by atoms with E-state index in [0.29, 0.717) is 18.4 Å². The number of phenols is 2. The molecule has 0 spiro atoms. The number of halogens is 1. The first-order valence-electron chi connectivity index (χ1n) is 4.43. The van der Waals surface area contributed by atoms with Crippen molar-refractivity contribution in [3.63, 3.8) is 0 Å². The minimum Gasteiger partial charge on any atom is -0.504 e. The number of aromatic hydroxyl groups is 2. The fraction of sp³-hybridized carbons (Fsp3) is 0.300. The summed E-state index contributed by atoms with van der Waals surface area (Å²) < 4.78 is 0. The fourth-order valence-electron chi connectivity index (χ4n) is 1.23. The summed E-state index contributed by atoms with van der Waals surface area (Å²) >= 11 is 5.57. The molecule has 0 bridgehead atoms. The molecular weight excluding hydrogens is 220 g/mol. The normalized spacial score (nSPS) is 10.2. The lowest BCUT2D eigenvalue weighted by atomic mass is 10.1. The van der Waals surface area contributed by atoms with Crippen LogP contribution in [0.5, 0.6) is 11.5 Å². The van der Waals surface area contributed by atoms with Crippen molar-refractivity contribution < 1.29 is 20.1 Å². The molecule has 0 fully saturated rings. The molecule has 0 atom stereocenters. The molecule has 0 saturated carbocycles. The second-order valence-electron chi connectivity index (χ2n) is 3.15. The number of hydrogen-bond donors (Lipinski definition) is 3.